The van der Waals surface area contributed by atoms with Crippen molar-refractivity contribution in [2.24, 2.45) is 11.7 Å². The lowest BCUT2D eigenvalue weighted by Gasteiger charge is -2.24. The molecule has 4 atom stereocenters. The number of carboxylic acid groups (broad SMARTS) is 2. The van der Waals surface area contributed by atoms with Crippen LogP contribution in [-0.2, 0) is 19.2 Å². The van der Waals surface area contributed by atoms with E-state index >= 15 is 0 Å². The van der Waals surface area contributed by atoms with E-state index in [1.54, 1.807) is 13.8 Å². The van der Waals surface area contributed by atoms with Gasteiger partial charge in [-0.3, -0.25) is 14.4 Å². The molecule has 0 aromatic heterocycles. The van der Waals surface area contributed by atoms with Gasteiger partial charge in [0, 0.05) is 6.42 Å². The number of aliphatic hydroxyl groups excluding tert-OH is 1. The molecule has 0 bridgehead atoms. The zero-order chi connectivity index (χ0) is 19.0. The zero-order valence-electron chi connectivity index (χ0n) is 13.9. The van der Waals surface area contributed by atoms with Gasteiger partial charge in [-0.2, -0.15) is 0 Å². The summed E-state index contributed by atoms with van der Waals surface area (Å²) < 4.78 is 0. The molecule has 7 N–H and O–H groups in total. The summed E-state index contributed by atoms with van der Waals surface area (Å²) >= 11 is 0. The van der Waals surface area contributed by atoms with Crippen LogP contribution >= 0.6 is 0 Å². The minimum Gasteiger partial charge on any atom is -0.481 e. The summed E-state index contributed by atoms with van der Waals surface area (Å²) in [7, 11) is 0. The molecule has 2 amide bonds. The summed E-state index contributed by atoms with van der Waals surface area (Å²) in [4.78, 5) is 45.9. The molecule has 0 heterocycles. The van der Waals surface area contributed by atoms with E-state index in [0.29, 0.717) is 0 Å². The van der Waals surface area contributed by atoms with E-state index in [2.05, 4.69) is 10.6 Å². The topological polar surface area (TPSA) is 179 Å². The Balaban J connectivity index is 5.10. The van der Waals surface area contributed by atoms with Crippen LogP contribution in [0.3, 0.4) is 0 Å². The number of amides is 2. The number of aliphatic carboxylic acids is 2. The van der Waals surface area contributed by atoms with Crippen LogP contribution in [0.15, 0.2) is 0 Å². The van der Waals surface area contributed by atoms with Gasteiger partial charge in [0.2, 0.25) is 11.8 Å². The molecule has 0 aliphatic carbocycles. The van der Waals surface area contributed by atoms with E-state index in [1.165, 1.54) is 6.92 Å². The SMILES string of the molecule is CC(C)[C@H](NC(=O)[C@H](CCC(=O)O)NC(=O)[C@@H](N)[C@@H](C)O)C(=O)O. The molecule has 10 heteroatoms. The molecule has 10 nitrogen and oxygen atoms in total. The fourth-order valence-electron chi connectivity index (χ4n) is 1.79. The monoisotopic (exact) mass is 347 g/mol. The molecule has 0 saturated carbocycles. The molecule has 0 unspecified atom stereocenters. The Morgan fingerprint density at radius 1 is 1.00 bits per heavy atom. The fourth-order valence-corrected chi connectivity index (χ4v) is 1.79. The maximum atomic E-state index is 12.2. The molecule has 0 aliphatic heterocycles. The van der Waals surface area contributed by atoms with Gasteiger partial charge < -0.3 is 31.7 Å². The smallest absolute Gasteiger partial charge is 0.326 e. The summed E-state index contributed by atoms with van der Waals surface area (Å²) in [5.41, 5.74) is 5.46. The van der Waals surface area contributed by atoms with Crippen molar-refractivity contribution in [2.45, 2.75) is 57.8 Å². The number of carboxylic acids is 2. The van der Waals surface area contributed by atoms with Crippen molar-refractivity contribution in [3.05, 3.63) is 0 Å². The second kappa shape index (κ2) is 9.83. The molecular formula is C14H25N3O7. The molecule has 0 spiro atoms. The third-order valence-corrected chi connectivity index (χ3v) is 3.33. The Morgan fingerprint density at radius 2 is 1.54 bits per heavy atom. The Morgan fingerprint density at radius 3 is 1.92 bits per heavy atom. The number of hydrogen-bond donors (Lipinski definition) is 6. The van der Waals surface area contributed by atoms with Crippen LogP contribution in [0.4, 0.5) is 0 Å². The van der Waals surface area contributed by atoms with Crippen molar-refractivity contribution in [3.63, 3.8) is 0 Å². The van der Waals surface area contributed by atoms with Gasteiger partial charge in [-0.1, -0.05) is 13.8 Å². The quantitative estimate of drug-likeness (QED) is 0.270. The third kappa shape index (κ3) is 7.38. The molecule has 0 radical (unpaired) electrons. The van der Waals surface area contributed by atoms with Crippen LogP contribution in [0.2, 0.25) is 0 Å². The Hall–Kier alpha value is -2.20. The van der Waals surface area contributed by atoms with Crippen molar-refractivity contribution in [1.29, 1.82) is 0 Å². The number of nitrogens with two attached hydrogens (primary N) is 1. The lowest BCUT2D eigenvalue weighted by Crippen LogP contribution is -2.57. The van der Waals surface area contributed by atoms with Crippen LogP contribution in [0.1, 0.15) is 33.6 Å². The maximum absolute atomic E-state index is 12.2. The van der Waals surface area contributed by atoms with E-state index in [9.17, 15) is 24.3 Å². The predicted octanol–water partition coefficient (Wildman–Crippen LogP) is -1.73. The Kier molecular flexibility index (Phi) is 8.93. The number of rotatable bonds is 10. The minimum absolute atomic E-state index is 0.246. The average Bonchev–Trinajstić information content (AvgIpc) is 2.46. The van der Waals surface area contributed by atoms with Crippen molar-refractivity contribution in [1.82, 2.24) is 10.6 Å². The molecular weight excluding hydrogens is 322 g/mol. The highest BCUT2D eigenvalue weighted by atomic mass is 16.4. The van der Waals surface area contributed by atoms with Gasteiger partial charge in [-0.05, 0) is 19.3 Å². The van der Waals surface area contributed by atoms with E-state index in [-0.39, 0.29) is 6.42 Å². The molecule has 0 saturated heterocycles. The number of aliphatic hydroxyl groups is 1. The molecule has 138 valence electrons. The van der Waals surface area contributed by atoms with E-state index < -0.39 is 60.3 Å². The summed E-state index contributed by atoms with van der Waals surface area (Å²) in [6, 6.07) is -3.77. The second-order valence-corrected chi connectivity index (χ2v) is 5.83. The van der Waals surface area contributed by atoms with Gasteiger partial charge in [0.15, 0.2) is 0 Å². The largest absolute Gasteiger partial charge is 0.481 e. The minimum atomic E-state index is -1.30. The van der Waals surface area contributed by atoms with E-state index in [1.807, 2.05) is 0 Å². The number of nitrogens with one attached hydrogen (secondary N) is 2. The van der Waals surface area contributed by atoms with Crippen LogP contribution in [0.25, 0.3) is 0 Å². The van der Waals surface area contributed by atoms with Crippen LogP contribution in [-0.4, -0.2) is 63.3 Å². The van der Waals surface area contributed by atoms with Crippen molar-refractivity contribution in [3.8, 4) is 0 Å². The van der Waals surface area contributed by atoms with Gasteiger partial charge in [-0.25, -0.2) is 4.79 Å². The molecule has 0 rings (SSSR count). The van der Waals surface area contributed by atoms with E-state index in [0.717, 1.165) is 0 Å². The summed E-state index contributed by atoms with van der Waals surface area (Å²) in [5.74, 6) is -4.51. The highest BCUT2D eigenvalue weighted by Gasteiger charge is 2.30. The normalized spacial score (nSPS) is 15.9. The molecule has 0 fully saturated rings. The first kappa shape index (κ1) is 21.8. The van der Waals surface area contributed by atoms with Gasteiger partial charge >= 0.3 is 11.9 Å². The summed E-state index contributed by atoms with van der Waals surface area (Å²) in [5, 5.41) is 31.6. The predicted molar refractivity (Wildman–Crippen MR) is 82.9 cm³/mol. The molecule has 24 heavy (non-hydrogen) atoms. The van der Waals surface area contributed by atoms with Crippen LogP contribution in [0.5, 0.6) is 0 Å². The van der Waals surface area contributed by atoms with Crippen LogP contribution < -0.4 is 16.4 Å². The number of carbonyl (C=O) groups is 4. The lowest BCUT2D eigenvalue weighted by atomic mass is 10.0. The van der Waals surface area contributed by atoms with Gasteiger partial charge in [0.25, 0.3) is 0 Å². The molecule has 0 aliphatic rings. The number of carbonyl (C=O) groups excluding carboxylic acids is 2. The number of hydrogen-bond acceptors (Lipinski definition) is 6. The first-order valence-corrected chi connectivity index (χ1v) is 7.46. The molecule has 0 aromatic carbocycles. The van der Waals surface area contributed by atoms with Gasteiger partial charge in [0.1, 0.15) is 18.1 Å². The second-order valence-electron chi connectivity index (χ2n) is 5.83. The molecule has 0 aromatic rings. The van der Waals surface area contributed by atoms with Gasteiger partial charge in [-0.15, -0.1) is 0 Å². The Labute approximate surface area is 139 Å². The van der Waals surface area contributed by atoms with Crippen molar-refractivity contribution in [2.75, 3.05) is 0 Å². The Bertz CT molecular complexity index is 479. The van der Waals surface area contributed by atoms with Crippen molar-refractivity contribution >= 4 is 23.8 Å². The zero-order valence-corrected chi connectivity index (χ0v) is 13.9. The first-order valence-electron chi connectivity index (χ1n) is 7.46. The highest BCUT2D eigenvalue weighted by Crippen LogP contribution is 2.05. The lowest BCUT2D eigenvalue weighted by molar-refractivity contribution is -0.144. The van der Waals surface area contributed by atoms with Crippen molar-refractivity contribution < 1.29 is 34.5 Å². The highest BCUT2D eigenvalue weighted by molar-refractivity contribution is 5.92. The third-order valence-electron chi connectivity index (χ3n) is 3.33. The first-order chi connectivity index (χ1) is 11.0. The average molecular weight is 347 g/mol. The van der Waals surface area contributed by atoms with Crippen LogP contribution in [0, 0.1) is 5.92 Å². The van der Waals surface area contributed by atoms with Gasteiger partial charge in [0.05, 0.1) is 6.10 Å². The summed E-state index contributed by atoms with van der Waals surface area (Å²) in [6.45, 7) is 4.47. The standard InChI is InChI=1S/C14H25N3O7/c1-6(2)11(14(23)24)17-12(21)8(4-5-9(19)20)16-13(22)10(15)7(3)18/h6-8,10-11,18H,4-5,15H2,1-3H3,(H,16,22)(H,17,21)(H,19,20)(H,23,24)/t7-,8+,10+,11+/m1/s1. The fraction of sp³-hybridized carbons (Fsp3) is 0.714. The van der Waals surface area contributed by atoms with E-state index in [4.69, 9.17) is 15.9 Å². The maximum Gasteiger partial charge on any atom is 0.326 e. The summed E-state index contributed by atoms with van der Waals surface area (Å²) in [6.07, 6.45) is -1.83.